The Balaban J connectivity index is 3.32. The summed E-state index contributed by atoms with van der Waals surface area (Å²) in [5.74, 6) is 0. The highest BCUT2D eigenvalue weighted by molar-refractivity contribution is 4.62. The van der Waals surface area contributed by atoms with E-state index in [9.17, 15) is 5.11 Å². The third kappa shape index (κ3) is 10.0. The molecule has 1 atom stereocenters. The lowest BCUT2D eigenvalue weighted by atomic mass is 10.1. The summed E-state index contributed by atoms with van der Waals surface area (Å²) in [4.78, 5) is 0. The molecule has 86 valence electrons. The second-order valence-corrected chi connectivity index (χ2v) is 4.93. The van der Waals surface area contributed by atoms with Gasteiger partial charge in [-0.3, -0.25) is 0 Å². The Bertz CT molecular complexity index is 127. The fourth-order valence-corrected chi connectivity index (χ4v) is 1.24. The van der Waals surface area contributed by atoms with Gasteiger partial charge in [-0.05, 0) is 27.2 Å². The van der Waals surface area contributed by atoms with E-state index in [1.807, 2.05) is 20.8 Å². The molecular weight excluding hydrogens is 176 g/mol. The van der Waals surface area contributed by atoms with Crippen molar-refractivity contribution in [3.05, 3.63) is 0 Å². The smallest absolute Gasteiger partial charge is 0.0774 e. The summed E-state index contributed by atoms with van der Waals surface area (Å²) in [6.45, 7) is 8.69. The van der Waals surface area contributed by atoms with Crippen LogP contribution >= 0.6 is 0 Å². The van der Waals surface area contributed by atoms with Crippen LogP contribution in [0.4, 0.5) is 0 Å². The predicted molar refractivity (Wildman–Crippen MR) is 60.5 cm³/mol. The number of hydrogen-bond donors (Lipinski definition) is 1. The number of ether oxygens (including phenoxy) is 1. The maximum atomic E-state index is 9.59. The summed E-state index contributed by atoms with van der Waals surface area (Å²) >= 11 is 0. The van der Waals surface area contributed by atoms with E-state index in [2.05, 4.69) is 6.92 Å². The summed E-state index contributed by atoms with van der Waals surface area (Å²) in [5.41, 5.74) is -0.135. The normalized spacial score (nSPS) is 14.4. The highest BCUT2D eigenvalue weighted by Gasteiger charge is 2.12. The molecule has 0 aliphatic carbocycles. The summed E-state index contributed by atoms with van der Waals surface area (Å²) < 4.78 is 5.50. The molecule has 0 bridgehead atoms. The van der Waals surface area contributed by atoms with Gasteiger partial charge in [0.15, 0.2) is 0 Å². The molecule has 0 aromatic carbocycles. The average molecular weight is 202 g/mol. The maximum Gasteiger partial charge on any atom is 0.0774 e. The summed E-state index contributed by atoms with van der Waals surface area (Å²) in [5, 5.41) is 9.59. The standard InChI is InChI=1S/C12H26O2/c1-5-6-7-8-9-11(13)10-14-12(2,3)4/h11,13H,5-10H2,1-4H3. The lowest BCUT2D eigenvalue weighted by molar-refractivity contribution is -0.0509. The SMILES string of the molecule is CCCCCCC(O)COC(C)(C)C. The summed E-state index contributed by atoms with van der Waals surface area (Å²) in [6.07, 6.45) is 5.44. The average Bonchev–Trinajstić information content (AvgIpc) is 2.08. The molecule has 2 heteroatoms. The van der Waals surface area contributed by atoms with E-state index in [0.717, 1.165) is 12.8 Å². The Morgan fingerprint density at radius 3 is 2.29 bits per heavy atom. The van der Waals surface area contributed by atoms with Crippen molar-refractivity contribution in [2.24, 2.45) is 0 Å². The zero-order valence-electron chi connectivity index (χ0n) is 10.2. The van der Waals surface area contributed by atoms with Gasteiger partial charge in [0.1, 0.15) is 0 Å². The molecule has 0 saturated heterocycles. The van der Waals surface area contributed by atoms with E-state index < -0.39 is 0 Å². The van der Waals surface area contributed by atoms with E-state index >= 15 is 0 Å². The van der Waals surface area contributed by atoms with Crippen LogP contribution in [0.5, 0.6) is 0 Å². The Labute approximate surface area is 88.7 Å². The molecule has 0 heterocycles. The van der Waals surface area contributed by atoms with Crippen LogP contribution in [0, 0.1) is 0 Å². The molecule has 0 aliphatic heterocycles. The molecule has 0 radical (unpaired) electrons. The second kappa shape index (κ2) is 7.24. The number of aliphatic hydroxyl groups is 1. The van der Waals surface area contributed by atoms with Gasteiger partial charge in [0.25, 0.3) is 0 Å². The van der Waals surface area contributed by atoms with Crippen LogP contribution in [-0.2, 0) is 4.74 Å². The molecule has 0 saturated carbocycles. The lowest BCUT2D eigenvalue weighted by Gasteiger charge is -2.21. The first kappa shape index (κ1) is 13.9. The molecule has 0 aromatic heterocycles. The Kier molecular flexibility index (Phi) is 7.20. The molecule has 0 spiro atoms. The minimum Gasteiger partial charge on any atom is -0.391 e. The van der Waals surface area contributed by atoms with Gasteiger partial charge in [0.2, 0.25) is 0 Å². The Morgan fingerprint density at radius 1 is 1.14 bits per heavy atom. The van der Waals surface area contributed by atoms with E-state index in [1.54, 1.807) is 0 Å². The predicted octanol–water partition coefficient (Wildman–Crippen LogP) is 3.13. The monoisotopic (exact) mass is 202 g/mol. The molecule has 0 aliphatic rings. The van der Waals surface area contributed by atoms with Crippen molar-refractivity contribution in [1.29, 1.82) is 0 Å². The van der Waals surface area contributed by atoms with E-state index in [-0.39, 0.29) is 11.7 Å². The van der Waals surface area contributed by atoms with Crippen molar-refractivity contribution in [3.8, 4) is 0 Å². The van der Waals surface area contributed by atoms with Crippen molar-refractivity contribution >= 4 is 0 Å². The van der Waals surface area contributed by atoms with Crippen molar-refractivity contribution in [1.82, 2.24) is 0 Å². The molecule has 1 N–H and O–H groups in total. The van der Waals surface area contributed by atoms with Crippen molar-refractivity contribution < 1.29 is 9.84 Å². The zero-order valence-corrected chi connectivity index (χ0v) is 10.2. The van der Waals surface area contributed by atoms with Crippen LogP contribution in [0.15, 0.2) is 0 Å². The van der Waals surface area contributed by atoms with Crippen molar-refractivity contribution in [3.63, 3.8) is 0 Å². The Morgan fingerprint density at radius 2 is 1.79 bits per heavy atom. The van der Waals surface area contributed by atoms with Crippen molar-refractivity contribution in [2.75, 3.05) is 6.61 Å². The first-order chi connectivity index (χ1) is 6.45. The van der Waals surface area contributed by atoms with Gasteiger partial charge >= 0.3 is 0 Å². The molecule has 0 fully saturated rings. The summed E-state index contributed by atoms with van der Waals surface area (Å²) in [6, 6.07) is 0. The van der Waals surface area contributed by atoms with Crippen molar-refractivity contribution in [2.45, 2.75) is 71.5 Å². The molecule has 2 nitrogen and oxygen atoms in total. The topological polar surface area (TPSA) is 29.5 Å². The third-order valence-corrected chi connectivity index (χ3v) is 2.10. The fraction of sp³-hybridized carbons (Fsp3) is 1.00. The van der Waals surface area contributed by atoms with E-state index in [1.165, 1.54) is 19.3 Å². The van der Waals surface area contributed by atoms with Gasteiger partial charge in [0.05, 0.1) is 18.3 Å². The van der Waals surface area contributed by atoms with E-state index in [0.29, 0.717) is 6.61 Å². The fourth-order valence-electron chi connectivity index (χ4n) is 1.24. The van der Waals surface area contributed by atoms with Gasteiger partial charge in [-0.25, -0.2) is 0 Å². The van der Waals surface area contributed by atoms with Gasteiger partial charge in [-0.1, -0.05) is 32.6 Å². The lowest BCUT2D eigenvalue weighted by Crippen LogP contribution is -2.26. The maximum absolute atomic E-state index is 9.59. The highest BCUT2D eigenvalue weighted by atomic mass is 16.5. The minimum absolute atomic E-state index is 0.135. The minimum atomic E-state index is -0.286. The largest absolute Gasteiger partial charge is 0.391 e. The molecular formula is C12H26O2. The van der Waals surface area contributed by atoms with Gasteiger partial charge < -0.3 is 9.84 Å². The molecule has 14 heavy (non-hydrogen) atoms. The van der Waals surface area contributed by atoms with Crippen LogP contribution in [-0.4, -0.2) is 23.4 Å². The molecule has 0 amide bonds. The quantitative estimate of drug-likeness (QED) is 0.643. The van der Waals surface area contributed by atoms with Gasteiger partial charge in [0, 0.05) is 0 Å². The number of aliphatic hydroxyl groups excluding tert-OH is 1. The van der Waals surface area contributed by atoms with Crippen LogP contribution in [0.2, 0.25) is 0 Å². The van der Waals surface area contributed by atoms with Crippen LogP contribution in [0.25, 0.3) is 0 Å². The highest BCUT2D eigenvalue weighted by Crippen LogP contribution is 2.10. The zero-order chi connectivity index (χ0) is 11.0. The number of hydrogen-bond acceptors (Lipinski definition) is 2. The first-order valence-corrected chi connectivity index (χ1v) is 5.77. The third-order valence-electron chi connectivity index (χ3n) is 2.10. The number of rotatable bonds is 7. The molecule has 0 rings (SSSR count). The number of unbranched alkanes of at least 4 members (excludes halogenated alkanes) is 3. The van der Waals surface area contributed by atoms with Crippen LogP contribution in [0.1, 0.15) is 59.8 Å². The first-order valence-electron chi connectivity index (χ1n) is 5.77. The van der Waals surface area contributed by atoms with Gasteiger partial charge in [-0.2, -0.15) is 0 Å². The molecule has 0 aromatic rings. The molecule has 1 unspecified atom stereocenters. The Hall–Kier alpha value is -0.0800. The van der Waals surface area contributed by atoms with Crippen LogP contribution in [0.3, 0.4) is 0 Å². The van der Waals surface area contributed by atoms with Gasteiger partial charge in [-0.15, -0.1) is 0 Å². The summed E-state index contributed by atoms with van der Waals surface area (Å²) in [7, 11) is 0. The van der Waals surface area contributed by atoms with Crippen LogP contribution < -0.4 is 0 Å². The second-order valence-electron chi connectivity index (χ2n) is 4.93. The van der Waals surface area contributed by atoms with E-state index in [4.69, 9.17) is 4.74 Å².